The summed E-state index contributed by atoms with van der Waals surface area (Å²) < 4.78 is 18.4. The van der Waals surface area contributed by atoms with Crippen molar-refractivity contribution in [1.29, 1.82) is 0 Å². The molecule has 3 rings (SSSR count). The van der Waals surface area contributed by atoms with Crippen LogP contribution in [0.5, 0.6) is 0 Å². The molecule has 8 nitrogen and oxygen atoms in total. The Hall–Kier alpha value is -4.11. The summed E-state index contributed by atoms with van der Waals surface area (Å²) in [7, 11) is 0. The van der Waals surface area contributed by atoms with Gasteiger partial charge in [-0.3, -0.25) is 19.7 Å². The normalized spacial score (nSPS) is 10.3. The summed E-state index contributed by atoms with van der Waals surface area (Å²) >= 11 is 5.83. The highest BCUT2D eigenvalue weighted by Gasteiger charge is 2.20. The molecular weight excluding hydrogens is 443 g/mol. The van der Waals surface area contributed by atoms with Crippen LogP contribution in [0.25, 0.3) is 0 Å². The van der Waals surface area contributed by atoms with Crippen LogP contribution in [0.4, 0.5) is 15.8 Å². The van der Waals surface area contributed by atoms with Crippen LogP contribution in [0, 0.1) is 15.9 Å². The zero-order valence-corrected chi connectivity index (χ0v) is 17.0. The van der Waals surface area contributed by atoms with Gasteiger partial charge >= 0.3 is 11.7 Å². The third-order valence-electron chi connectivity index (χ3n) is 4.26. The zero-order chi connectivity index (χ0) is 23.3. The van der Waals surface area contributed by atoms with Crippen molar-refractivity contribution in [3.8, 4) is 0 Å². The highest BCUT2D eigenvalue weighted by Crippen LogP contribution is 2.22. The van der Waals surface area contributed by atoms with Gasteiger partial charge < -0.3 is 10.1 Å². The van der Waals surface area contributed by atoms with E-state index in [1.165, 1.54) is 30.3 Å². The van der Waals surface area contributed by atoms with Crippen LogP contribution < -0.4 is 5.32 Å². The fraction of sp³-hybridized carbons (Fsp3) is 0.0455. The molecule has 0 atom stereocenters. The first-order valence-electron chi connectivity index (χ1n) is 9.06. The lowest BCUT2D eigenvalue weighted by Gasteiger charge is -2.10. The number of carbonyl (C=O) groups excluding carboxylic acids is 3. The summed E-state index contributed by atoms with van der Waals surface area (Å²) in [5.41, 5.74) is -0.510. The molecular formula is C22H14ClFN2O6. The highest BCUT2D eigenvalue weighted by molar-refractivity contribution is 6.30. The smallest absolute Gasteiger partial charge is 0.339 e. The topological polar surface area (TPSA) is 116 Å². The Morgan fingerprint density at radius 3 is 2.31 bits per heavy atom. The quantitative estimate of drug-likeness (QED) is 0.243. The van der Waals surface area contributed by atoms with Crippen LogP contribution in [-0.2, 0) is 9.53 Å². The Kier molecular flexibility index (Phi) is 6.91. The van der Waals surface area contributed by atoms with E-state index in [0.29, 0.717) is 10.6 Å². The van der Waals surface area contributed by atoms with E-state index in [0.717, 1.165) is 18.2 Å². The number of anilines is 1. The molecule has 3 aromatic carbocycles. The second-order valence-electron chi connectivity index (χ2n) is 6.43. The van der Waals surface area contributed by atoms with Gasteiger partial charge in [0.2, 0.25) is 5.82 Å². The van der Waals surface area contributed by atoms with E-state index in [2.05, 4.69) is 5.32 Å². The van der Waals surface area contributed by atoms with E-state index in [1.807, 2.05) is 0 Å². The van der Waals surface area contributed by atoms with Crippen molar-refractivity contribution in [3.63, 3.8) is 0 Å². The summed E-state index contributed by atoms with van der Waals surface area (Å²) in [6, 6.07) is 14.9. The highest BCUT2D eigenvalue weighted by atomic mass is 35.5. The summed E-state index contributed by atoms with van der Waals surface area (Å²) in [5, 5.41) is 13.5. The molecule has 0 saturated heterocycles. The van der Waals surface area contributed by atoms with Crippen molar-refractivity contribution < 1.29 is 28.4 Å². The minimum atomic E-state index is -1.05. The maximum absolute atomic E-state index is 13.4. The van der Waals surface area contributed by atoms with Crippen molar-refractivity contribution in [1.82, 2.24) is 0 Å². The molecule has 0 spiro atoms. The molecule has 0 radical (unpaired) electrons. The zero-order valence-electron chi connectivity index (χ0n) is 16.2. The number of nitrogens with zero attached hydrogens (tertiary/aromatic N) is 1. The van der Waals surface area contributed by atoms with Gasteiger partial charge in [-0.15, -0.1) is 0 Å². The van der Waals surface area contributed by atoms with Gasteiger partial charge in [0.05, 0.1) is 10.5 Å². The summed E-state index contributed by atoms with van der Waals surface area (Å²) in [6.07, 6.45) is 0. The molecule has 0 aromatic heterocycles. The number of amides is 1. The van der Waals surface area contributed by atoms with Crippen molar-refractivity contribution in [2.24, 2.45) is 0 Å². The predicted molar refractivity (Wildman–Crippen MR) is 113 cm³/mol. The predicted octanol–water partition coefficient (Wildman–Crippen LogP) is 4.41. The Morgan fingerprint density at radius 2 is 1.66 bits per heavy atom. The number of nitrogens with one attached hydrogen (secondary N) is 1. The van der Waals surface area contributed by atoms with Crippen LogP contribution in [0.15, 0.2) is 66.7 Å². The maximum atomic E-state index is 13.4. The molecule has 1 amide bonds. The van der Waals surface area contributed by atoms with Crippen molar-refractivity contribution in [3.05, 3.63) is 104 Å². The van der Waals surface area contributed by atoms with Gasteiger partial charge in [0.1, 0.15) is 0 Å². The minimum absolute atomic E-state index is 0.0438. The molecule has 0 aliphatic heterocycles. The van der Waals surface area contributed by atoms with Gasteiger partial charge in [-0.05, 0) is 42.5 Å². The largest absolute Gasteiger partial charge is 0.452 e. The first-order chi connectivity index (χ1) is 15.3. The van der Waals surface area contributed by atoms with Gasteiger partial charge in [0.15, 0.2) is 12.4 Å². The lowest BCUT2D eigenvalue weighted by molar-refractivity contribution is -0.387. The molecule has 3 aromatic rings. The van der Waals surface area contributed by atoms with Gasteiger partial charge in [-0.1, -0.05) is 29.8 Å². The first kappa shape index (κ1) is 22.6. The minimum Gasteiger partial charge on any atom is -0.452 e. The van der Waals surface area contributed by atoms with E-state index in [4.69, 9.17) is 16.3 Å². The van der Waals surface area contributed by atoms with Crippen LogP contribution in [0.3, 0.4) is 0 Å². The second kappa shape index (κ2) is 9.80. The lowest BCUT2D eigenvalue weighted by Crippen LogP contribution is -2.22. The molecule has 0 unspecified atom stereocenters. The Balaban J connectivity index is 1.68. The third-order valence-corrected chi connectivity index (χ3v) is 4.51. The number of carbonyl (C=O) groups is 3. The Labute approximate surface area is 185 Å². The molecule has 0 aliphatic rings. The van der Waals surface area contributed by atoms with Gasteiger partial charge in [0.25, 0.3) is 5.91 Å². The number of hydrogen-bond donors (Lipinski definition) is 1. The van der Waals surface area contributed by atoms with Gasteiger partial charge in [0, 0.05) is 27.9 Å². The number of hydrogen-bond acceptors (Lipinski definition) is 6. The summed E-state index contributed by atoms with van der Waals surface area (Å²) in [6.45, 7) is -0.729. The van der Waals surface area contributed by atoms with E-state index >= 15 is 0 Å². The molecule has 0 saturated carbocycles. The number of nitro benzene ring substituents is 1. The molecule has 0 fully saturated rings. The van der Waals surface area contributed by atoms with E-state index < -0.39 is 40.7 Å². The standard InChI is InChI=1S/C22H14ClFN2O6/c23-14-7-5-13(6-8-14)21(28)16-3-1-2-4-17(16)22(29)32-12-20(27)25-15-9-10-18(24)19(11-15)26(30)31/h1-11H,12H2,(H,25,27). The molecule has 0 aliphatic carbocycles. The summed E-state index contributed by atoms with van der Waals surface area (Å²) in [4.78, 5) is 47.2. The van der Waals surface area contributed by atoms with Crippen LogP contribution in [-0.4, -0.2) is 29.2 Å². The van der Waals surface area contributed by atoms with Crippen molar-refractivity contribution in [2.75, 3.05) is 11.9 Å². The second-order valence-corrected chi connectivity index (χ2v) is 6.87. The lowest BCUT2D eigenvalue weighted by atomic mass is 9.98. The molecule has 0 bridgehead atoms. The number of halogens is 2. The number of ether oxygens (including phenoxy) is 1. The molecule has 0 heterocycles. The molecule has 1 N–H and O–H groups in total. The van der Waals surface area contributed by atoms with Gasteiger partial charge in [-0.2, -0.15) is 4.39 Å². The Morgan fingerprint density at radius 1 is 1.00 bits per heavy atom. The number of ketones is 1. The van der Waals surface area contributed by atoms with Gasteiger partial charge in [-0.25, -0.2) is 4.79 Å². The van der Waals surface area contributed by atoms with Crippen molar-refractivity contribution in [2.45, 2.75) is 0 Å². The van der Waals surface area contributed by atoms with E-state index in [9.17, 15) is 28.9 Å². The fourth-order valence-electron chi connectivity index (χ4n) is 2.75. The van der Waals surface area contributed by atoms with Crippen molar-refractivity contribution >= 4 is 40.6 Å². The van der Waals surface area contributed by atoms with E-state index in [-0.39, 0.29) is 16.8 Å². The Bertz CT molecular complexity index is 1210. The van der Waals surface area contributed by atoms with Crippen LogP contribution in [0.1, 0.15) is 26.3 Å². The number of nitro groups is 1. The molecule has 10 heteroatoms. The number of benzene rings is 3. The number of rotatable bonds is 7. The average Bonchev–Trinajstić information content (AvgIpc) is 2.78. The first-order valence-corrected chi connectivity index (χ1v) is 9.44. The molecule has 32 heavy (non-hydrogen) atoms. The SMILES string of the molecule is O=C(COC(=O)c1ccccc1C(=O)c1ccc(Cl)cc1)Nc1ccc(F)c([N+](=O)[O-])c1. The molecule has 162 valence electrons. The number of esters is 1. The van der Waals surface area contributed by atoms with Crippen LogP contribution >= 0.6 is 11.6 Å². The fourth-order valence-corrected chi connectivity index (χ4v) is 2.88. The summed E-state index contributed by atoms with van der Waals surface area (Å²) in [5.74, 6) is -3.21. The van der Waals surface area contributed by atoms with Crippen LogP contribution in [0.2, 0.25) is 5.02 Å². The monoisotopic (exact) mass is 456 g/mol. The third kappa shape index (κ3) is 5.32. The van der Waals surface area contributed by atoms with E-state index in [1.54, 1.807) is 18.2 Å². The maximum Gasteiger partial charge on any atom is 0.339 e. The average molecular weight is 457 g/mol.